The molecule has 0 saturated carbocycles. The molecule has 3 amide bonds. The third kappa shape index (κ3) is 5.81. The molecule has 194 valence electrons. The van der Waals surface area contributed by atoms with Crippen molar-refractivity contribution in [1.82, 2.24) is 9.69 Å². The summed E-state index contributed by atoms with van der Waals surface area (Å²) in [6.45, 7) is 5.00. The standard InChI is InChI=1S/C27H31N5O4S/c1-3-17-8-12-19(13-9-17)32(27(35)24-21(28)22(25(29)33)31-37-24)23(18-10-6-16(2)7-11-18)26(34)30-15-20-5-4-14-36-20/h6-13,20,23H,3-5,14-15,28H2,1-2H3,(H2,29,33)(H,30,34)/t20-,23+/m0/s1. The van der Waals surface area contributed by atoms with Crippen LogP contribution in [0.25, 0.3) is 0 Å². The average Bonchev–Trinajstić information content (AvgIpc) is 3.56. The number of aryl methyl sites for hydroxylation is 2. The van der Waals surface area contributed by atoms with Crippen molar-refractivity contribution < 1.29 is 19.1 Å². The summed E-state index contributed by atoms with van der Waals surface area (Å²) in [5.41, 5.74) is 14.5. The molecule has 2 atom stereocenters. The van der Waals surface area contributed by atoms with Crippen LogP contribution in [-0.4, -0.2) is 41.4 Å². The SMILES string of the molecule is CCc1ccc(N(C(=O)c2snc(C(N)=O)c2N)[C@@H](C(=O)NC[C@@H]2CCCO2)c2ccc(C)cc2)cc1. The van der Waals surface area contributed by atoms with Crippen molar-refractivity contribution in [2.24, 2.45) is 5.73 Å². The van der Waals surface area contributed by atoms with Gasteiger partial charge in [-0.1, -0.05) is 48.9 Å². The molecule has 2 heterocycles. The fraction of sp³-hybridized carbons (Fsp3) is 0.333. The van der Waals surface area contributed by atoms with Crippen LogP contribution in [0.3, 0.4) is 0 Å². The van der Waals surface area contributed by atoms with Gasteiger partial charge in [-0.2, -0.15) is 4.37 Å². The molecule has 1 fully saturated rings. The Hall–Kier alpha value is -3.76. The highest BCUT2D eigenvalue weighted by molar-refractivity contribution is 7.09. The average molecular weight is 522 g/mol. The fourth-order valence-corrected chi connectivity index (χ4v) is 5.04. The molecule has 9 nitrogen and oxygen atoms in total. The van der Waals surface area contributed by atoms with Crippen LogP contribution in [0.15, 0.2) is 48.5 Å². The molecule has 0 bridgehead atoms. The van der Waals surface area contributed by atoms with Crippen LogP contribution < -0.4 is 21.7 Å². The molecule has 1 aromatic heterocycles. The van der Waals surface area contributed by atoms with Crippen molar-refractivity contribution in [3.05, 3.63) is 75.8 Å². The Balaban J connectivity index is 1.80. The van der Waals surface area contributed by atoms with Crippen molar-refractivity contribution in [1.29, 1.82) is 0 Å². The van der Waals surface area contributed by atoms with Crippen LogP contribution in [0.4, 0.5) is 11.4 Å². The zero-order valence-electron chi connectivity index (χ0n) is 20.9. The number of nitrogens with two attached hydrogens (primary N) is 2. The number of primary amides is 1. The topological polar surface area (TPSA) is 141 Å². The monoisotopic (exact) mass is 521 g/mol. The Labute approximate surface area is 220 Å². The minimum Gasteiger partial charge on any atom is -0.395 e. The van der Waals surface area contributed by atoms with Gasteiger partial charge in [-0.3, -0.25) is 19.3 Å². The van der Waals surface area contributed by atoms with Gasteiger partial charge in [0.15, 0.2) is 5.69 Å². The van der Waals surface area contributed by atoms with Crippen molar-refractivity contribution in [3.8, 4) is 0 Å². The second kappa shape index (κ2) is 11.5. The molecular formula is C27H31N5O4S. The number of benzene rings is 2. The fourth-order valence-electron chi connectivity index (χ4n) is 4.30. The van der Waals surface area contributed by atoms with Gasteiger partial charge in [0.25, 0.3) is 11.8 Å². The van der Waals surface area contributed by atoms with Gasteiger partial charge in [-0.15, -0.1) is 0 Å². The third-order valence-electron chi connectivity index (χ3n) is 6.42. The lowest BCUT2D eigenvalue weighted by Crippen LogP contribution is -2.45. The number of hydrogen-bond donors (Lipinski definition) is 3. The normalized spacial score (nSPS) is 15.8. The highest BCUT2D eigenvalue weighted by Crippen LogP contribution is 2.33. The van der Waals surface area contributed by atoms with Crippen molar-refractivity contribution in [2.75, 3.05) is 23.8 Å². The van der Waals surface area contributed by atoms with E-state index in [0.717, 1.165) is 41.9 Å². The Kier molecular flexibility index (Phi) is 8.20. The summed E-state index contributed by atoms with van der Waals surface area (Å²) in [5.74, 6) is -1.73. The zero-order valence-corrected chi connectivity index (χ0v) is 21.7. The van der Waals surface area contributed by atoms with Crippen molar-refractivity contribution in [3.63, 3.8) is 0 Å². The van der Waals surface area contributed by atoms with Crippen molar-refractivity contribution >= 4 is 40.6 Å². The predicted molar refractivity (Wildman–Crippen MR) is 144 cm³/mol. The number of nitrogen functional groups attached to an aromatic ring is 1. The number of rotatable bonds is 9. The van der Waals surface area contributed by atoms with E-state index in [4.69, 9.17) is 16.2 Å². The molecule has 4 rings (SSSR count). The largest absolute Gasteiger partial charge is 0.395 e. The van der Waals surface area contributed by atoms with Gasteiger partial charge in [0.1, 0.15) is 10.9 Å². The first-order valence-electron chi connectivity index (χ1n) is 12.2. The number of amides is 3. The maximum absolute atomic E-state index is 14.1. The van der Waals surface area contributed by atoms with Gasteiger partial charge >= 0.3 is 0 Å². The summed E-state index contributed by atoms with van der Waals surface area (Å²) in [5, 5.41) is 2.98. The lowest BCUT2D eigenvalue weighted by molar-refractivity contribution is -0.123. The molecule has 1 aliphatic rings. The van der Waals surface area contributed by atoms with E-state index in [0.29, 0.717) is 24.4 Å². The van der Waals surface area contributed by atoms with Gasteiger partial charge in [0, 0.05) is 18.8 Å². The van der Waals surface area contributed by atoms with Crippen LogP contribution in [-0.2, 0) is 16.0 Å². The molecule has 0 unspecified atom stereocenters. The maximum atomic E-state index is 14.1. The van der Waals surface area contributed by atoms with E-state index in [1.54, 1.807) is 12.1 Å². The van der Waals surface area contributed by atoms with E-state index in [-0.39, 0.29) is 28.3 Å². The van der Waals surface area contributed by atoms with Crippen LogP contribution in [0.1, 0.15) is 62.7 Å². The first kappa shape index (κ1) is 26.3. The highest BCUT2D eigenvalue weighted by atomic mass is 32.1. The molecule has 1 aliphatic heterocycles. The zero-order chi connectivity index (χ0) is 26.5. The molecule has 37 heavy (non-hydrogen) atoms. The number of hydrogen-bond acceptors (Lipinski definition) is 7. The summed E-state index contributed by atoms with van der Waals surface area (Å²) >= 11 is 0.785. The number of ether oxygens (including phenoxy) is 1. The second-order valence-corrected chi connectivity index (χ2v) is 9.80. The summed E-state index contributed by atoms with van der Waals surface area (Å²) in [4.78, 5) is 41.0. The van der Waals surface area contributed by atoms with E-state index >= 15 is 0 Å². The lowest BCUT2D eigenvalue weighted by atomic mass is 10.0. The maximum Gasteiger partial charge on any atom is 0.273 e. The van der Waals surface area contributed by atoms with Gasteiger partial charge in [0.05, 0.1) is 11.8 Å². The van der Waals surface area contributed by atoms with E-state index in [2.05, 4.69) is 9.69 Å². The smallest absolute Gasteiger partial charge is 0.273 e. The first-order valence-corrected chi connectivity index (χ1v) is 13.0. The van der Waals surface area contributed by atoms with E-state index in [9.17, 15) is 14.4 Å². The second-order valence-electron chi connectivity index (χ2n) is 9.03. The number of nitrogens with one attached hydrogen (secondary N) is 1. The lowest BCUT2D eigenvalue weighted by Gasteiger charge is -2.31. The van der Waals surface area contributed by atoms with Crippen LogP contribution in [0.5, 0.6) is 0 Å². The number of carbonyl (C=O) groups excluding carboxylic acids is 3. The third-order valence-corrected chi connectivity index (χ3v) is 7.28. The van der Waals surface area contributed by atoms with E-state index in [1.807, 2.05) is 50.2 Å². The summed E-state index contributed by atoms with van der Waals surface area (Å²) in [6, 6.07) is 13.9. The summed E-state index contributed by atoms with van der Waals surface area (Å²) in [6.07, 6.45) is 2.57. The Morgan fingerprint density at radius 3 is 2.43 bits per heavy atom. The molecule has 5 N–H and O–H groups in total. The molecule has 3 aromatic rings. The van der Waals surface area contributed by atoms with Gasteiger partial charge in [0.2, 0.25) is 5.91 Å². The predicted octanol–water partition coefficient (Wildman–Crippen LogP) is 3.38. The van der Waals surface area contributed by atoms with Crippen LogP contribution >= 0.6 is 11.5 Å². The Bertz CT molecular complexity index is 1270. The summed E-state index contributed by atoms with van der Waals surface area (Å²) < 4.78 is 9.67. The first-order chi connectivity index (χ1) is 17.8. The molecule has 1 saturated heterocycles. The van der Waals surface area contributed by atoms with Crippen LogP contribution in [0.2, 0.25) is 0 Å². The molecule has 2 aromatic carbocycles. The minimum atomic E-state index is -1.01. The minimum absolute atomic E-state index is 0.0393. The Morgan fingerprint density at radius 2 is 1.86 bits per heavy atom. The molecule has 10 heteroatoms. The van der Waals surface area contributed by atoms with Crippen LogP contribution in [0, 0.1) is 6.92 Å². The van der Waals surface area contributed by atoms with Gasteiger partial charge < -0.3 is 21.5 Å². The van der Waals surface area contributed by atoms with E-state index < -0.39 is 17.9 Å². The van der Waals surface area contributed by atoms with Gasteiger partial charge in [-0.25, -0.2) is 0 Å². The number of nitrogens with zero attached hydrogens (tertiary/aromatic N) is 2. The van der Waals surface area contributed by atoms with E-state index in [1.165, 1.54) is 4.90 Å². The van der Waals surface area contributed by atoms with Gasteiger partial charge in [-0.05, 0) is 61.0 Å². The highest BCUT2D eigenvalue weighted by Gasteiger charge is 2.36. The molecule has 0 radical (unpaired) electrons. The summed E-state index contributed by atoms with van der Waals surface area (Å²) in [7, 11) is 0. The molecular weight excluding hydrogens is 490 g/mol. The van der Waals surface area contributed by atoms with Crippen molar-refractivity contribution in [2.45, 2.75) is 45.3 Å². The quantitative estimate of drug-likeness (QED) is 0.394. The number of carbonyl (C=O) groups is 3. The molecule has 0 spiro atoms. The number of anilines is 2. The Morgan fingerprint density at radius 1 is 1.16 bits per heavy atom. The molecule has 0 aliphatic carbocycles. The number of aromatic nitrogens is 1.